The molecule has 0 amide bonds. The molecule has 2 nitrogen and oxygen atoms in total. The molecule has 1 aliphatic heterocycles. The second-order valence-corrected chi connectivity index (χ2v) is 17.0. The summed E-state index contributed by atoms with van der Waals surface area (Å²) in [5, 5.41) is 11.8. The van der Waals surface area contributed by atoms with E-state index in [4.69, 9.17) is 0 Å². The van der Waals surface area contributed by atoms with Crippen LogP contribution in [0.15, 0.2) is 182 Å². The summed E-state index contributed by atoms with van der Waals surface area (Å²) < 4.78 is 4.96. The topological polar surface area (TPSA) is 7.94 Å². The molecule has 0 saturated carbocycles. The summed E-state index contributed by atoms with van der Waals surface area (Å²) in [5.74, 6) is 0. The fourth-order valence-electron chi connectivity index (χ4n) is 9.07. The normalized spacial score (nSPS) is 14.1. The van der Waals surface area contributed by atoms with Crippen molar-refractivity contribution in [1.29, 1.82) is 0 Å². The molecule has 0 radical (unpaired) electrons. The highest BCUT2D eigenvalue weighted by molar-refractivity contribution is 7.79. The SMILES string of the molecule is CC1(C)c2ccccc2C2=c3c1cccc3=[N+]2n1c2ccc(-c3ccc(P(c4ccccc4)c4ccccc4)cc3)cc2c2c3ccccc3ccc21. The second kappa shape index (κ2) is 11.5. The third-order valence-electron chi connectivity index (χ3n) is 11.6. The van der Waals surface area contributed by atoms with Gasteiger partial charge in [0.05, 0.1) is 5.56 Å². The zero-order valence-electron chi connectivity index (χ0n) is 29.7. The van der Waals surface area contributed by atoms with Gasteiger partial charge in [-0.2, -0.15) is 0 Å². The first-order valence-electron chi connectivity index (χ1n) is 18.5. The fourth-order valence-corrected chi connectivity index (χ4v) is 11.3. The average molecular weight is 696 g/mol. The van der Waals surface area contributed by atoms with Crippen LogP contribution >= 0.6 is 7.92 Å². The Bertz CT molecular complexity index is 3030. The van der Waals surface area contributed by atoms with E-state index in [1.54, 1.807) is 0 Å². The summed E-state index contributed by atoms with van der Waals surface area (Å²) in [4.78, 5) is 0. The van der Waals surface area contributed by atoms with Crippen LogP contribution in [0.2, 0.25) is 0 Å². The monoisotopic (exact) mass is 695 g/mol. The van der Waals surface area contributed by atoms with Crippen LogP contribution in [0.4, 0.5) is 0 Å². The number of benzene rings is 8. The third kappa shape index (κ3) is 4.40. The molecule has 3 heteroatoms. The standard InChI is InChI=1S/C50H36N2P/c1-50(2)42-21-12-11-20-40(42)49-48-43(50)22-13-23-45(48)52(49)51-44-30-27-35(32-41(44)47-39-19-10-9-14-34(39)26-31-46(47)51)33-24-28-38(29-25-33)53(36-15-5-3-6-16-36)37-17-7-4-8-18-37/h3-32H,1-2H3/q+1. The Morgan fingerprint density at radius 1 is 0.491 bits per heavy atom. The lowest BCUT2D eigenvalue weighted by molar-refractivity contribution is 0.569. The van der Waals surface area contributed by atoms with Crippen molar-refractivity contribution in [2.75, 3.05) is 0 Å². The zero-order valence-corrected chi connectivity index (χ0v) is 30.6. The van der Waals surface area contributed by atoms with Crippen molar-refractivity contribution >= 4 is 62.1 Å². The van der Waals surface area contributed by atoms with Crippen LogP contribution in [0.5, 0.6) is 0 Å². The molecule has 1 aromatic heterocycles. The van der Waals surface area contributed by atoms with Gasteiger partial charge in [-0.05, 0) is 81.1 Å². The first-order chi connectivity index (χ1) is 26.1. The lowest BCUT2D eigenvalue weighted by atomic mass is 9.70. The molecule has 0 bridgehead atoms. The summed E-state index contributed by atoms with van der Waals surface area (Å²) in [5.41, 5.74) is 10.2. The van der Waals surface area contributed by atoms with E-state index in [1.165, 1.54) is 92.6 Å². The average Bonchev–Trinajstić information content (AvgIpc) is 3.52. The summed E-state index contributed by atoms with van der Waals surface area (Å²) in [7, 11) is -0.659. The van der Waals surface area contributed by atoms with Crippen molar-refractivity contribution in [2.45, 2.75) is 19.3 Å². The highest BCUT2D eigenvalue weighted by Gasteiger charge is 2.44. The van der Waals surface area contributed by atoms with E-state index in [-0.39, 0.29) is 5.41 Å². The molecular weight excluding hydrogens is 660 g/mol. The van der Waals surface area contributed by atoms with Crippen LogP contribution in [0.3, 0.4) is 0 Å². The molecule has 250 valence electrons. The van der Waals surface area contributed by atoms with Crippen molar-refractivity contribution in [3.8, 4) is 11.1 Å². The highest BCUT2D eigenvalue weighted by Crippen LogP contribution is 2.42. The van der Waals surface area contributed by atoms with Gasteiger partial charge in [-0.25, -0.2) is 0 Å². The largest absolute Gasteiger partial charge is 0.258 e. The first kappa shape index (κ1) is 30.5. The Morgan fingerprint density at radius 2 is 1.11 bits per heavy atom. The molecule has 0 N–H and O–H groups in total. The van der Waals surface area contributed by atoms with E-state index in [2.05, 4.69) is 205 Å². The number of nitrogens with zero attached hydrogens (tertiary/aromatic N) is 2. The Morgan fingerprint density at radius 3 is 1.89 bits per heavy atom. The van der Waals surface area contributed by atoms with Crippen molar-refractivity contribution in [2.24, 2.45) is 0 Å². The molecule has 9 aromatic rings. The van der Waals surface area contributed by atoms with Gasteiger partial charge in [0.15, 0.2) is 0 Å². The van der Waals surface area contributed by atoms with Crippen molar-refractivity contribution in [3.05, 3.63) is 209 Å². The summed E-state index contributed by atoms with van der Waals surface area (Å²) in [6, 6.07) is 67.6. The van der Waals surface area contributed by atoms with Gasteiger partial charge in [0.25, 0.3) is 11.1 Å². The van der Waals surface area contributed by atoms with Crippen LogP contribution < -0.4 is 31.2 Å². The summed E-state index contributed by atoms with van der Waals surface area (Å²) in [6.45, 7) is 4.73. The summed E-state index contributed by atoms with van der Waals surface area (Å²) >= 11 is 0. The lowest BCUT2D eigenvalue weighted by Crippen LogP contribution is -2.59. The number of rotatable bonds is 5. The molecule has 0 fully saturated rings. The Kier molecular flexibility index (Phi) is 6.60. The quantitative estimate of drug-likeness (QED) is 0.125. The minimum absolute atomic E-state index is 0.0671. The Balaban J connectivity index is 1.12. The predicted octanol–water partition coefficient (Wildman–Crippen LogP) is 9.14. The van der Waals surface area contributed by atoms with Gasteiger partial charge in [-0.3, -0.25) is 0 Å². The molecule has 0 unspecified atom stereocenters. The summed E-state index contributed by atoms with van der Waals surface area (Å²) in [6.07, 6.45) is 0. The number of aromatic nitrogens is 1. The minimum Gasteiger partial charge on any atom is -0.114 e. The van der Waals surface area contributed by atoms with Gasteiger partial charge in [0.1, 0.15) is 16.3 Å². The van der Waals surface area contributed by atoms with Crippen LogP contribution in [-0.2, 0) is 5.41 Å². The Labute approximate surface area is 310 Å². The lowest BCUT2D eigenvalue weighted by Gasteiger charge is -2.34. The molecule has 8 aromatic carbocycles. The molecular formula is C50H36N2P+. The third-order valence-corrected chi connectivity index (χ3v) is 14.0. The maximum absolute atomic E-state index is 2.48. The molecule has 0 atom stereocenters. The number of hydrogen-bond donors (Lipinski definition) is 0. The number of hydrogen-bond acceptors (Lipinski definition) is 0. The maximum Gasteiger partial charge on any atom is 0.258 e. The van der Waals surface area contributed by atoms with Gasteiger partial charge < -0.3 is 0 Å². The molecule has 2 heterocycles. The van der Waals surface area contributed by atoms with E-state index >= 15 is 0 Å². The molecule has 0 saturated heterocycles. The molecule has 1 aliphatic carbocycles. The smallest absolute Gasteiger partial charge is 0.114 e. The molecule has 53 heavy (non-hydrogen) atoms. The van der Waals surface area contributed by atoms with Crippen molar-refractivity contribution in [3.63, 3.8) is 0 Å². The van der Waals surface area contributed by atoms with E-state index in [0.29, 0.717) is 0 Å². The van der Waals surface area contributed by atoms with Crippen LogP contribution in [0.1, 0.15) is 30.5 Å². The molecule has 2 aliphatic rings. The maximum atomic E-state index is 2.48. The van der Waals surface area contributed by atoms with Crippen LogP contribution in [-0.4, -0.2) is 4.68 Å². The van der Waals surface area contributed by atoms with Crippen LogP contribution in [0, 0.1) is 0 Å². The Hall–Kier alpha value is -6.08. The molecule has 0 spiro atoms. The van der Waals surface area contributed by atoms with Gasteiger partial charge in [-0.1, -0.05) is 170 Å². The fraction of sp³-hybridized carbons (Fsp3) is 0.0600. The number of fused-ring (bicyclic) bond motifs is 7. The van der Waals surface area contributed by atoms with Gasteiger partial charge in [-0.15, -0.1) is 4.68 Å². The van der Waals surface area contributed by atoms with Crippen molar-refractivity contribution in [1.82, 2.24) is 9.36 Å². The van der Waals surface area contributed by atoms with Gasteiger partial charge >= 0.3 is 0 Å². The van der Waals surface area contributed by atoms with Crippen molar-refractivity contribution < 1.29 is 0 Å². The second-order valence-electron chi connectivity index (χ2n) is 14.8. The first-order valence-corrected chi connectivity index (χ1v) is 19.8. The van der Waals surface area contributed by atoms with E-state index < -0.39 is 7.92 Å². The van der Waals surface area contributed by atoms with E-state index in [1.807, 2.05) is 0 Å². The van der Waals surface area contributed by atoms with E-state index in [0.717, 1.165) is 0 Å². The van der Waals surface area contributed by atoms with Crippen LogP contribution in [0.25, 0.3) is 49.4 Å². The van der Waals surface area contributed by atoms with Gasteiger partial charge in [0, 0.05) is 22.3 Å². The highest BCUT2D eigenvalue weighted by atomic mass is 31.1. The minimum atomic E-state index is -0.659. The van der Waals surface area contributed by atoms with Gasteiger partial charge in [0.2, 0.25) is 0 Å². The zero-order chi connectivity index (χ0) is 35.3. The predicted molar refractivity (Wildman–Crippen MR) is 224 cm³/mol. The molecule has 11 rings (SSSR count). The van der Waals surface area contributed by atoms with E-state index in [9.17, 15) is 0 Å².